The third kappa shape index (κ3) is 9.92. The molecule has 0 aliphatic rings. The molecule has 186 valence electrons. The average Bonchev–Trinajstić information content (AvgIpc) is 2.72. The number of nitrogens with two attached hydrogens (primary N) is 2. The fraction of sp³-hybridized carbons (Fsp3) is 0.810. The molecule has 0 aromatic rings. The van der Waals surface area contributed by atoms with Gasteiger partial charge >= 0.3 is 5.97 Å². The maximum Gasteiger partial charge on any atom is 0.326 e. The third-order valence-electron chi connectivity index (χ3n) is 5.44. The number of hydrogen-bond acceptors (Lipinski definition) is 7. The first-order valence-electron chi connectivity index (χ1n) is 11.1. The molecule has 9 N–H and O–H groups in total. The highest BCUT2D eigenvalue weighted by molar-refractivity contribution is 5.94. The Labute approximate surface area is 190 Å². The van der Waals surface area contributed by atoms with Crippen molar-refractivity contribution in [3.05, 3.63) is 0 Å². The maximum absolute atomic E-state index is 12.9. The van der Waals surface area contributed by atoms with E-state index in [-0.39, 0.29) is 18.3 Å². The molecule has 0 bridgehead atoms. The van der Waals surface area contributed by atoms with Crippen LogP contribution in [0.15, 0.2) is 0 Å². The van der Waals surface area contributed by atoms with E-state index in [2.05, 4.69) is 16.0 Å². The van der Waals surface area contributed by atoms with E-state index in [1.165, 1.54) is 6.92 Å². The van der Waals surface area contributed by atoms with Crippen LogP contribution in [0.25, 0.3) is 0 Å². The molecule has 6 atom stereocenters. The first-order valence-corrected chi connectivity index (χ1v) is 11.1. The van der Waals surface area contributed by atoms with Gasteiger partial charge in [0.15, 0.2) is 0 Å². The minimum absolute atomic E-state index is 0.182. The van der Waals surface area contributed by atoms with E-state index in [4.69, 9.17) is 11.5 Å². The first kappa shape index (κ1) is 29.8. The van der Waals surface area contributed by atoms with Crippen LogP contribution in [0.1, 0.15) is 60.3 Å². The zero-order chi connectivity index (χ0) is 25.0. The van der Waals surface area contributed by atoms with Crippen LogP contribution in [0.4, 0.5) is 0 Å². The van der Waals surface area contributed by atoms with Crippen molar-refractivity contribution in [2.24, 2.45) is 23.3 Å². The van der Waals surface area contributed by atoms with Crippen molar-refractivity contribution in [2.45, 2.75) is 90.6 Å². The number of carboxylic acid groups (broad SMARTS) is 1. The van der Waals surface area contributed by atoms with Gasteiger partial charge in [-0.05, 0) is 44.6 Å². The van der Waals surface area contributed by atoms with Crippen LogP contribution < -0.4 is 27.4 Å². The first-order chi connectivity index (χ1) is 14.9. The van der Waals surface area contributed by atoms with Crippen molar-refractivity contribution in [1.29, 1.82) is 0 Å². The highest BCUT2D eigenvalue weighted by Crippen LogP contribution is 2.11. The van der Waals surface area contributed by atoms with Crippen molar-refractivity contribution in [3.63, 3.8) is 0 Å². The molecule has 6 unspecified atom stereocenters. The Morgan fingerprint density at radius 1 is 0.875 bits per heavy atom. The van der Waals surface area contributed by atoms with E-state index in [0.717, 1.165) is 0 Å². The average molecular weight is 460 g/mol. The van der Waals surface area contributed by atoms with E-state index in [0.29, 0.717) is 25.8 Å². The minimum Gasteiger partial charge on any atom is -0.480 e. The molecule has 0 aromatic heterocycles. The lowest BCUT2D eigenvalue weighted by Gasteiger charge is -2.29. The van der Waals surface area contributed by atoms with Crippen LogP contribution >= 0.6 is 0 Å². The Bertz CT molecular complexity index is 628. The molecule has 11 heteroatoms. The second kappa shape index (κ2) is 14.8. The Morgan fingerprint density at radius 2 is 1.41 bits per heavy atom. The molecule has 0 spiro atoms. The fourth-order valence-corrected chi connectivity index (χ4v) is 2.91. The van der Waals surface area contributed by atoms with Crippen LogP contribution in [-0.4, -0.2) is 70.7 Å². The SMILES string of the molecule is CCC(C)C(NC(=O)C(NC(=O)C(N)C(C)C)C(C)O)C(=O)NC(CCCCN)C(=O)O. The summed E-state index contributed by atoms with van der Waals surface area (Å²) in [6.45, 7) is 8.80. The number of amides is 3. The monoisotopic (exact) mass is 459 g/mol. The van der Waals surface area contributed by atoms with Crippen molar-refractivity contribution in [1.82, 2.24) is 16.0 Å². The van der Waals surface area contributed by atoms with Gasteiger partial charge in [-0.2, -0.15) is 0 Å². The number of hydrogen-bond donors (Lipinski definition) is 7. The number of nitrogens with one attached hydrogen (secondary N) is 3. The van der Waals surface area contributed by atoms with Crippen LogP contribution in [0.5, 0.6) is 0 Å². The predicted molar refractivity (Wildman–Crippen MR) is 120 cm³/mol. The lowest BCUT2D eigenvalue weighted by molar-refractivity contribution is -0.143. The van der Waals surface area contributed by atoms with Gasteiger partial charge in [-0.25, -0.2) is 4.79 Å². The van der Waals surface area contributed by atoms with Gasteiger partial charge in [-0.1, -0.05) is 34.1 Å². The number of aliphatic hydroxyl groups is 1. The van der Waals surface area contributed by atoms with Crippen LogP contribution in [-0.2, 0) is 19.2 Å². The van der Waals surface area contributed by atoms with E-state index in [1.54, 1.807) is 20.8 Å². The van der Waals surface area contributed by atoms with E-state index in [9.17, 15) is 29.4 Å². The number of carboxylic acids is 1. The summed E-state index contributed by atoms with van der Waals surface area (Å²) in [7, 11) is 0. The Hall–Kier alpha value is -2.24. The molecule has 3 amide bonds. The normalized spacial score (nSPS) is 16.9. The summed E-state index contributed by atoms with van der Waals surface area (Å²) in [6.07, 6.45) is 0.633. The number of unbranched alkanes of at least 4 members (excludes halogenated alkanes) is 1. The number of rotatable bonds is 15. The van der Waals surface area contributed by atoms with Gasteiger partial charge in [0.25, 0.3) is 0 Å². The molecule has 0 fully saturated rings. The lowest BCUT2D eigenvalue weighted by Crippen LogP contribution is -2.61. The molecule has 0 saturated carbocycles. The van der Waals surface area contributed by atoms with Gasteiger partial charge < -0.3 is 37.6 Å². The summed E-state index contributed by atoms with van der Waals surface area (Å²) in [5, 5.41) is 26.9. The van der Waals surface area contributed by atoms with Crippen LogP contribution in [0.3, 0.4) is 0 Å². The highest BCUT2D eigenvalue weighted by atomic mass is 16.4. The fourth-order valence-electron chi connectivity index (χ4n) is 2.91. The van der Waals surface area contributed by atoms with Crippen molar-refractivity contribution >= 4 is 23.7 Å². The summed E-state index contributed by atoms with van der Waals surface area (Å²) in [5.41, 5.74) is 11.2. The predicted octanol–water partition coefficient (Wildman–Crippen LogP) is -0.935. The molecule has 0 aromatic carbocycles. The summed E-state index contributed by atoms with van der Waals surface area (Å²) >= 11 is 0. The molecular formula is C21H41N5O6. The van der Waals surface area contributed by atoms with E-state index < -0.39 is 54.0 Å². The minimum atomic E-state index is -1.33. The Kier molecular flexibility index (Phi) is 13.7. The largest absolute Gasteiger partial charge is 0.480 e. The zero-order valence-corrected chi connectivity index (χ0v) is 19.8. The molecule has 0 aliphatic carbocycles. The molecule has 0 radical (unpaired) electrons. The Balaban J connectivity index is 5.44. The molecular weight excluding hydrogens is 418 g/mol. The second-order valence-corrected chi connectivity index (χ2v) is 8.55. The van der Waals surface area contributed by atoms with Gasteiger partial charge in [0.05, 0.1) is 12.1 Å². The number of aliphatic carboxylic acids is 1. The summed E-state index contributed by atoms with van der Waals surface area (Å²) < 4.78 is 0. The maximum atomic E-state index is 12.9. The lowest BCUT2D eigenvalue weighted by atomic mass is 9.96. The molecule has 0 rings (SSSR count). The number of carbonyl (C=O) groups excluding carboxylic acids is 3. The molecule has 11 nitrogen and oxygen atoms in total. The number of carbonyl (C=O) groups is 4. The topological polar surface area (TPSA) is 197 Å². The summed E-state index contributed by atoms with van der Waals surface area (Å²) in [5.74, 6) is -3.71. The third-order valence-corrected chi connectivity index (χ3v) is 5.44. The molecule has 32 heavy (non-hydrogen) atoms. The van der Waals surface area contributed by atoms with Gasteiger partial charge in [0, 0.05) is 0 Å². The molecule has 0 aliphatic heterocycles. The Morgan fingerprint density at radius 3 is 1.84 bits per heavy atom. The molecule has 0 heterocycles. The molecule has 0 saturated heterocycles. The highest BCUT2D eigenvalue weighted by Gasteiger charge is 2.34. The quantitative estimate of drug-likeness (QED) is 0.152. The standard InChI is InChI=1S/C21H41N5O6/c1-6-12(4)16(19(29)24-14(21(31)32)9-7-8-10-22)25-20(30)17(13(5)27)26-18(28)15(23)11(2)3/h11-17,27H,6-10,22-23H2,1-5H3,(H,24,29)(H,25,30)(H,26,28)(H,31,32). The van der Waals surface area contributed by atoms with Gasteiger partial charge in [-0.3, -0.25) is 14.4 Å². The second-order valence-electron chi connectivity index (χ2n) is 8.55. The van der Waals surface area contributed by atoms with Crippen molar-refractivity contribution < 1.29 is 29.4 Å². The summed E-state index contributed by atoms with van der Waals surface area (Å²) in [6, 6.07) is -4.37. The van der Waals surface area contributed by atoms with Gasteiger partial charge in [0.1, 0.15) is 18.1 Å². The van der Waals surface area contributed by atoms with Crippen molar-refractivity contribution in [2.75, 3.05) is 6.54 Å². The van der Waals surface area contributed by atoms with Gasteiger partial charge in [0.2, 0.25) is 17.7 Å². The van der Waals surface area contributed by atoms with Crippen LogP contribution in [0, 0.1) is 11.8 Å². The van der Waals surface area contributed by atoms with E-state index in [1.807, 2.05) is 6.92 Å². The van der Waals surface area contributed by atoms with E-state index >= 15 is 0 Å². The van der Waals surface area contributed by atoms with Crippen molar-refractivity contribution in [3.8, 4) is 0 Å². The zero-order valence-electron chi connectivity index (χ0n) is 19.8. The van der Waals surface area contributed by atoms with Crippen LogP contribution in [0.2, 0.25) is 0 Å². The summed E-state index contributed by atoms with van der Waals surface area (Å²) in [4.78, 5) is 49.5. The number of aliphatic hydroxyl groups excluding tert-OH is 1. The smallest absolute Gasteiger partial charge is 0.326 e. The van der Waals surface area contributed by atoms with Gasteiger partial charge in [-0.15, -0.1) is 0 Å².